The number of aliphatic carboxylic acids is 2. The van der Waals surface area contributed by atoms with Crippen molar-refractivity contribution in [2.24, 2.45) is 5.92 Å². The van der Waals surface area contributed by atoms with Crippen molar-refractivity contribution >= 4 is 11.9 Å². The second-order valence-electron chi connectivity index (χ2n) is 7.17. The van der Waals surface area contributed by atoms with Gasteiger partial charge in [-0.2, -0.15) is 0 Å². The minimum absolute atomic E-state index is 0.148. The number of hydrogen-bond acceptors (Lipinski definition) is 4. The van der Waals surface area contributed by atoms with E-state index in [9.17, 15) is 4.79 Å². The lowest BCUT2D eigenvalue weighted by molar-refractivity contribution is -0.159. The third kappa shape index (κ3) is 5.33. The Kier molecular flexibility index (Phi) is 6.47. The van der Waals surface area contributed by atoms with E-state index in [1.807, 2.05) is 41.0 Å². The van der Waals surface area contributed by atoms with Crippen LogP contribution in [0.4, 0.5) is 0 Å². The number of aromatic nitrogens is 1. The number of carboxylic acid groups (broad SMARTS) is 2. The lowest BCUT2D eigenvalue weighted by Crippen LogP contribution is -2.47. The number of fused-ring (bicyclic) bond motifs is 4. The van der Waals surface area contributed by atoms with Crippen LogP contribution < -0.4 is 5.56 Å². The van der Waals surface area contributed by atoms with Crippen molar-refractivity contribution in [3.05, 3.63) is 70.1 Å². The van der Waals surface area contributed by atoms with Gasteiger partial charge in [-0.15, -0.1) is 0 Å². The minimum atomic E-state index is -1.82. The topological polar surface area (TPSA) is 99.8 Å². The van der Waals surface area contributed by atoms with Crippen LogP contribution in [0.25, 0.3) is 0 Å². The maximum atomic E-state index is 12.0. The van der Waals surface area contributed by atoms with Crippen molar-refractivity contribution in [1.82, 2.24) is 9.47 Å². The average Bonchev–Trinajstić information content (AvgIpc) is 2.70. The quantitative estimate of drug-likeness (QED) is 0.561. The predicted octanol–water partition coefficient (Wildman–Crippen LogP) is 1.47. The molecule has 2 atom stereocenters. The molecule has 1 aromatic heterocycles. The Morgan fingerprint density at radius 3 is 2.38 bits per heavy atom. The van der Waals surface area contributed by atoms with E-state index in [1.165, 1.54) is 12.1 Å². The molecule has 0 aliphatic carbocycles. The van der Waals surface area contributed by atoms with Crippen LogP contribution in [0.1, 0.15) is 23.6 Å². The van der Waals surface area contributed by atoms with Crippen LogP contribution in [0, 0.1) is 17.8 Å². The van der Waals surface area contributed by atoms with Crippen molar-refractivity contribution in [3.63, 3.8) is 0 Å². The largest absolute Gasteiger partial charge is 0.473 e. The van der Waals surface area contributed by atoms with E-state index >= 15 is 0 Å². The molecule has 0 radical (unpaired) electrons. The van der Waals surface area contributed by atoms with Gasteiger partial charge in [0.25, 0.3) is 5.56 Å². The van der Waals surface area contributed by atoms with Crippen LogP contribution >= 0.6 is 0 Å². The first-order chi connectivity index (χ1) is 13.9. The number of carboxylic acids is 2. The van der Waals surface area contributed by atoms with E-state index in [0.717, 1.165) is 31.7 Å². The first-order valence-electron chi connectivity index (χ1n) is 9.36. The summed E-state index contributed by atoms with van der Waals surface area (Å²) in [6.07, 6.45) is 1.20. The Hall–Kier alpha value is -3.37. The molecule has 7 nitrogen and oxygen atoms in total. The molecule has 4 rings (SSSR count). The van der Waals surface area contributed by atoms with Gasteiger partial charge >= 0.3 is 11.9 Å². The monoisotopic (exact) mass is 394 g/mol. The first kappa shape index (κ1) is 20.4. The molecule has 2 aliphatic rings. The second-order valence-corrected chi connectivity index (χ2v) is 7.17. The third-order valence-electron chi connectivity index (χ3n) is 5.05. The van der Waals surface area contributed by atoms with Gasteiger partial charge in [0.15, 0.2) is 0 Å². The number of likely N-dealkylation sites (tertiary alicyclic amines) is 1. The molecule has 29 heavy (non-hydrogen) atoms. The first-order valence-corrected chi connectivity index (χ1v) is 9.36. The Labute approximate surface area is 168 Å². The van der Waals surface area contributed by atoms with Crippen molar-refractivity contribution < 1.29 is 19.8 Å². The van der Waals surface area contributed by atoms with Gasteiger partial charge in [-0.05, 0) is 30.5 Å². The third-order valence-corrected chi connectivity index (χ3v) is 5.05. The number of hydrogen-bond donors (Lipinski definition) is 2. The zero-order chi connectivity index (χ0) is 20.8. The maximum Gasteiger partial charge on any atom is 0.414 e. The molecule has 0 spiro atoms. The molecule has 0 amide bonds. The second kappa shape index (κ2) is 9.22. The molecule has 3 heterocycles. The number of nitrogens with zero attached hydrogens (tertiary/aromatic N) is 2. The number of carbonyl (C=O) groups is 2. The highest BCUT2D eigenvalue weighted by molar-refractivity contribution is 6.27. The summed E-state index contributed by atoms with van der Waals surface area (Å²) in [4.78, 5) is 32.7. The molecular formula is C22H22N2O5. The summed E-state index contributed by atoms with van der Waals surface area (Å²) in [6, 6.07) is 15.8. The highest BCUT2D eigenvalue weighted by Gasteiger charge is 2.33. The standard InChI is InChI=1S/C20H20N2O.C2H2O4/c23-20-10-4-9-19-18-12-17(14-22(19)20)13-21(15-18)11-5-8-16-6-2-1-3-7-16;3-1(4)2(5)6/h1-4,6-7,9-10,17-18H,11-15H2;(H,3,4)(H,5,6). The molecule has 150 valence electrons. The average molecular weight is 394 g/mol. The van der Waals surface area contributed by atoms with Crippen LogP contribution in [-0.2, 0) is 16.1 Å². The van der Waals surface area contributed by atoms with Crippen molar-refractivity contribution in [1.29, 1.82) is 0 Å². The summed E-state index contributed by atoms with van der Waals surface area (Å²) in [5.74, 6) is 3.93. The summed E-state index contributed by atoms with van der Waals surface area (Å²) in [5.41, 5.74) is 2.42. The highest BCUT2D eigenvalue weighted by atomic mass is 16.4. The number of pyridine rings is 1. The molecule has 0 saturated carbocycles. The normalized spacial score (nSPS) is 19.6. The van der Waals surface area contributed by atoms with Gasteiger partial charge in [0.1, 0.15) is 0 Å². The maximum absolute atomic E-state index is 12.0. The summed E-state index contributed by atoms with van der Waals surface area (Å²) >= 11 is 0. The molecule has 1 fully saturated rings. The summed E-state index contributed by atoms with van der Waals surface area (Å²) in [5, 5.41) is 14.8. The fraction of sp³-hybridized carbons (Fsp3) is 0.318. The smallest absolute Gasteiger partial charge is 0.414 e. The Balaban J connectivity index is 0.000000353. The molecule has 2 bridgehead atoms. The van der Waals surface area contributed by atoms with Gasteiger partial charge in [0, 0.05) is 42.9 Å². The van der Waals surface area contributed by atoms with E-state index in [1.54, 1.807) is 6.07 Å². The fourth-order valence-corrected chi connectivity index (χ4v) is 3.90. The van der Waals surface area contributed by atoms with Gasteiger partial charge < -0.3 is 14.8 Å². The SMILES string of the molecule is O=C(O)C(=O)O.O=c1cccc2n1CC1CC2CN(CC#Cc2ccccc2)C1. The van der Waals surface area contributed by atoms with Gasteiger partial charge in [-0.3, -0.25) is 9.69 Å². The Bertz CT molecular complexity index is 991. The zero-order valence-electron chi connectivity index (χ0n) is 15.8. The van der Waals surface area contributed by atoms with Crippen LogP contribution in [0.3, 0.4) is 0 Å². The van der Waals surface area contributed by atoms with Crippen LogP contribution in [-0.4, -0.2) is 51.3 Å². The molecule has 2 aromatic rings. The van der Waals surface area contributed by atoms with Gasteiger partial charge in [0.05, 0.1) is 6.54 Å². The van der Waals surface area contributed by atoms with Gasteiger partial charge in [-0.25, -0.2) is 9.59 Å². The van der Waals surface area contributed by atoms with Gasteiger partial charge in [-0.1, -0.05) is 36.1 Å². The fourth-order valence-electron chi connectivity index (χ4n) is 3.90. The van der Waals surface area contributed by atoms with Crippen molar-refractivity contribution in [2.45, 2.75) is 18.9 Å². The van der Waals surface area contributed by atoms with Gasteiger partial charge in [0.2, 0.25) is 0 Å². The predicted molar refractivity (Wildman–Crippen MR) is 107 cm³/mol. The van der Waals surface area contributed by atoms with Crippen LogP contribution in [0.15, 0.2) is 53.3 Å². The molecule has 2 N–H and O–H groups in total. The molecule has 1 aromatic carbocycles. The van der Waals surface area contributed by atoms with Crippen LogP contribution in [0.2, 0.25) is 0 Å². The highest BCUT2D eigenvalue weighted by Crippen LogP contribution is 2.34. The summed E-state index contributed by atoms with van der Waals surface area (Å²) < 4.78 is 1.98. The molecule has 2 unspecified atom stereocenters. The Morgan fingerprint density at radius 1 is 0.966 bits per heavy atom. The molecule has 2 aliphatic heterocycles. The van der Waals surface area contributed by atoms with E-state index < -0.39 is 11.9 Å². The number of rotatable bonds is 1. The van der Waals surface area contributed by atoms with E-state index in [0.29, 0.717) is 11.8 Å². The van der Waals surface area contributed by atoms with E-state index in [2.05, 4.69) is 22.8 Å². The number of piperidine rings is 1. The number of benzene rings is 1. The molecular weight excluding hydrogens is 372 g/mol. The lowest BCUT2D eigenvalue weighted by Gasteiger charge is -2.42. The minimum Gasteiger partial charge on any atom is -0.473 e. The molecule has 1 saturated heterocycles. The molecule has 7 heteroatoms. The lowest BCUT2D eigenvalue weighted by atomic mass is 9.83. The van der Waals surface area contributed by atoms with E-state index in [4.69, 9.17) is 19.8 Å². The van der Waals surface area contributed by atoms with Crippen molar-refractivity contribution in [2.75, 3.05) is 19.6 Å². The van der Waals surface area contributed by atoms with E-state index in [-0.39, 0.29) is 5.56 Å². The summed E-state index contributed by atoms with van der Waals surface area (Å²) in [7, 11) is 0. The van der Waals surface area contributed by atoms with Crippen LogP contribution in [0.5, 0.6) is 0 Å². The van der Waals surface area contributed by atoms with Crippen molar-refractivity contribution in [3.8, 4) is 11.8 Å². The summed E-state index contributed by atoms with van der Waals surface area (Å²) in [6.45, 7) is 3.71. The zero-order valence-corrected chi connectivity index (χ0v) is 15.8. The Morgan fingerprint density at radius 2 is 1.69 bits per heavy atom.